The highest BCUT2D eigenvalue weighted by Gasteiger charge is 2.06. The van der Waals surface area contributed by atoms with E-state index < -0.39 is 12.2 Å². The zero-order valence-corrected chi connectivity index (χ0v) is 11.9. The Morgan fingerprint density at radius 3 is 2.90 bits per heavy atom. The topological polar surface area (TPSA) is 93.8 Å². The van der Waals surface area contributed by atoms with Gasteiger partial charge in [0, 0.05) is 13.1 Å². The molecule has 0 radical (unpaired) electrons. The molecule has 4 N–H and O–H groups in total. The summed E-state index contributed by atoms with van der Waals surface area (Å²) in [5.41, 5.74) is 6.96. The Kier molecular flexibility index (Phi) is 6.83. The van der Waals surface area contributed by atoms with Crippen LogP contribution in [0.4, 0.5) is 4.79 Å². The van der Waals surface area contributed by atoms with Crippen molar-refractivity contribution in [1.82, 2.24) is 5.32 Å². The molecule has 0 heterocycles. The van der Waals surface area contributed by atoms with Gasteiger partial charge in [-0.3, -0.25) is 0 Å². The summed E-state index contributed by atoms with van der Waals surface area (Å²) in [5, 5.41) is 12.7. The van der Waals surface area contributed by atoms with Gasteiger partial charge in [-0.15, -0.1) is 0 Å². The highest BCUT2D eigenvalue weighted by atomic mass is 16.5. The van der Waals surface area contributed by atoms with E-state index in [1.54, 1.807) is 0 Å². The molecule has 0 aliphatic carbocycles. The van der Waals surface area contributed by atoms with Crippen LogP contribution in [-0.2, 0) is 4.74 Å². The van der Waals surface area contributed by atoms with Crippen molar-refractivity contribution in [3.8, 4) is 5.75 Å². The number of nitrogens with two attached hydrogens (primary N) is 1. The SMILES string of the molecule is Cc1ccc(C)c(OCC(O)CNCCOC(N)=O)c1. The average Bonchev–Trinajstić information content (AvgIpc) is 2.39. The van der Waals surface area contributed by atoms with Crippen LogP contribution in [0, 0.1) is 13.8 Å². The van der Waals surface area contributed by atoms with Crippen molar-refractivity contribution in [3.63, 3.8) is 0 Å². The highest BCUT2D eigenvalue weighted by Crippen LogP contribution is 2.19. The summed E-state index contributed by atoms with van der Waals surface area (Å²) >= 11 is 0. The van der Waals surface area contributed by atoms with E-state index in [4.69, 9.17) is 10.5 Å². The molecule has 112 valence electrons. The van der Waals surface area contributed by atoms with E-state index in [9.17, 15) is 9.90 Å². The fraction of sp³-hybridized carbons (Fsp3) is 0.500. The van der Waals surface area contributed by atoms with Gasteiger partial charge >= 0.3 is 6.09 Å². The zero-order valence-electron chi connectivity index (χ0n) is 11.9. The molecule has 6 nitrogen and oxygen atoms in total. The van der Waals surface area contributed by atoms with Gasteiger partial charge in [0.25, 0.3) is 0 Å². The summed E-state index contributed by atoms with van der Waals surface area (Å²) < 4.78 is 10.1. The number of nitrogens with one attached hydrogen (secondary N) is 1. The minimum atomic E-state index is -0.800. The van der Waals surface area contributed by atoms with Crippen molar-refractivity contribution < 1.29 is 19.4 Å². The molecule has 1 aromatic rings. The quantitative estimate of drug-likeness (QED) is 0.611. The first-order valence-electron chi connectivity index (χ1n) is 6.50. The smallest absolute Gasteiger partial charge is 0.404 e. The van der Waals surface area contributed by atoms with E-state index in [1.807, 2.05) is 32.0 Å². The zero-order chi connectivity index (χ0) is 15.0. The lowest BCUT2D eigenvalue weighted by Crippen LogP contribution is -2.34. The molecule has 6 heteroatoms. The molecule has 0 bridgehead atoms. The number of hydrogen-bond donors (Lipinski definition) is 3. The number of ether oxygens (including phenoxy) is 2. The van der Waals surface area contributed by atoms with E-state index in [0.29, 0.717) is 13.1 Å². The molecular weight excluding hydrogens is 260 g/mol. The van der Waals surface area contributed by atoms with E-state index >= 15 is 0 Å². The second-order valence-corrected chi connectivity index (χ2v) is 4.61. The Morgan fingerprint density at radius 1 is 1.45 bits per heavy atom. The molecule has 0 spiro atoms. The first-order chi connectivity index (χ1) is 9.49. The molecule has 0 saturated carbocycles. The van der Waals surface area contributed by atoms with Crippen LogP contribution >= 0.6 is 0 Å². The third-order valence-electron chi connectivity index (χ3n) is 2.68. The number of aliphatic hydroxyl groups excluding tert-OH is 1. The first-order valence-corrected chi connectivity index (χ1v) is 6.50. The monoisotopic (exact) mass is 282 g/mol. The van der Waals surface area contributed by atoms with Crippen LogP contribution in [0.3, 0.4) is 0 Å². The molecule has 1 rings (SSSR count). The first kappa shape index (κ1) is 16.3. The summed E-state index contributed by atoms with van der Waals surface area (Å²) in [4.78, 5) is 10.3. The molecule has 0 saturated heterocycles. The predicted octanol–water partition coefficient (Wildman–Crippen LogP) is 0.728. The Balaban J connectivity index is 2.21. The lowest BCUT2D eigenvalue weighted by atomic mass is 10.1. The third kappa shape index (κ3) is 6.40. The molecule has 0 aliphatic rings. The summed E-state index contributed by atoms with van der Waals surface area (Å²) in [6.45, 7) is 5.12. The summed E-state index contributed by atoms with van der Waals surface area (Å²) in [6, 6.07) is 5.94. The van der Waals surface area contributed by atoms with Crippen LogP contribution in [0.5, 0.6) is 5.75 Å². The Hall–Kier alpha value is -1.79. The Bertz CT molecular complexity index is 437. The number of amides is 1. The van der Waals surface area contributed by atoms with Gasteiger partial charge in [0.15, 0.2) is 0 Å². The minimum Gasteiger partial charge on any atom is -0.491 e. The van der Waals surface area contributed by atoms with E-state index in [1.165, 1.54) is 0 Å². The van der Waals surface area contributed by atoms with Gasteiger partial charge < -0.3 is 25.6 Å². The molecule has 1 unspecified atom stereocenters. The second kappa shape index (κ2) is 8.39. The standard InChI is InChI=1S/C14H22N2O4/c1-10-3-4-11(2)13(7-10)20-9-12(17)8-16-5-6-19-14(15)18/h3-4,7,12,16-17H,5-6,8-9H2,1-2H3,(H2,15,18). The lowest BCUT2D eigenvalue weighted by Gasteiger charge is -2.15. The third-order valence-corrected chi connectivity index (χ3v) is 2.68. The number of primary amides is 1. The van der Waals surface area contributed by atoms with Gasteiger partial charge in [0.2, 0.25) is 0 Å². The lowest BCUT2D eigenvalue weighted by molar-refractivity contribution is 0.103. The van der Waals surface area contributed by atoms with Crippen molar-refractivity contribution >= 4 is 6.09 Å². The van der Waals surface area contributed by atoms with Crippen LogP contribution in [-0.4, -0.2) is 43.6 Å². The van der Waals surface area contributed by atoms with Crippen molar-refractivity contribution in [1.29, 1.82) is 0 Å². The molecule has 0 aliphatic heterocycles. The fourth-order valence-corrected chi connectivity index (χ4v) is 1.60. The van der Waals surface area contributed by atoms with Gasteiger partial charge in [0.1, 0.15) is 25.1 Å². The van der Waals surface area contributed by atoms with Crippen LogP contribution < -0.4 is 15.8 Å². The van der Waals surface area contributed by atoms with Crippen molar-refractivity contribution in [3.05, 3.63) is 29.3 Å². The van der Waals surface area contributed by atoms with Gasteiger partial charge in [-0.25, -0.2) is 4.79 Å². The number of carbonyl (C=O) groups excluding carboxylic acids is 1. The van der Waals surface area contributed by atoms with Crippen LogP contribution in [0.15, 0.2) is 18.2 Å². The molecule has 1 atom stereocenters. The molecule has 1 amide bonds. The maximum absolute atomic E-state index is 10.3. The number of aliphatic hydroxyl groups is 1. The maximum Gasteiger partial charge on any atom is 0.404 e. The van der Waals surface area contributed by atoms with Crippen molar-refractivity contribution in [2.24, 2.45) is 5.73 Å². The molecule has 1 aromatic carbocycles. The van der Waals surface area contributed by atoms with E-state index in [2.05, 4.69) is 10.1 Å². The molecule has 0 aromatic heterocycles. The second-order valence-electron chi connectivity index (χ2n) is 4.61. The van der Waals surface area contributed by atoms with Gasteiger partial charge in [-0.2, -0.15) is 0 Å². The van der Waals surface area contributed by atoms with E-state index in [-0.39, 0.29) is 13.2 Å². The van der Waals surface area contributed by atoms with Gasteiger partial charge in [0.05, 0.1) is 0 Å². The molecule has 20 heavy (non-hydrogen) atoms. The fourth-order valence-electron chi connectivity index (χ4n) is 1.60. The summed E-state index contributed by atoms with van der Waals surface area (Å²) in [7, 11) is 0. The average molecular weight is 282 g/mol. The van der Waals surface area contributed by atoms with Gasteiger partial charge in [-0.05, 0) is 31.0 Å². The Labute approximate surface area is 118 Å². The summed E-state index contributed by atoms with van der Waals surface area (Å²) in [6.07, 6.45) is -1.44. The molecule has 0 fully saturated rings. The van der Waals surface area contributed by atoms with Gasteiger partial charge in [-0.1, -0.05) is 12.1 Å². The highest BCUT2D eigenvalue weighted by molar-refractivity contribution is 5.64. The van der Waals surface area contributed by atoms with Crippen molar-refractivity contribution in [2.75, 3.05) is 26.3 Å². The minimum absolute atomic E-state index is 0.180. The van der Waals surface area contributed by atoms with Crippen molar-refractivity contribution in [2.45, 2.75) is 20.0 Å². The number of carbonyl (C=O) groups is 1. The summed E-state index contributed by atoms with van der Waals surface area (Å²) in [5.74, 6) is 0.779. The van der Waals surface area contributed by atoms with Crippen LogP contribution in [0.2, 0.25) is 0 Å². The molecular formula is C14H22N2O4. The number of aryl methyl sites for hydroxylation is 2. The number of benzene rings is 1. The van der Waals surface area contributed by atoms with Crippen LogP contribution in [0.25, 0.3) is 0 Å². The number of rotatable bonds is 8. The normalized spacial score (nSPS) is 11.9. The van der Waals surface area contributed by atoms with E-state index in [0.717, 1.165) is 16.9 Å². The largest absolute Gasteiger partial charge is 0.491 e. The number of hydrogen-bond acceptors (Lipinski definition) is 5. The Morgan fingerprint density at radius 2 is 2.20 bits per heavy atom. The maximum atomic E-state index is 10.3. The van der Waals surface area contributed by atoms with Crippen LogP contribution in [0.1, 0.15) is 11.1 Å². The predicted molar refractivity (Wildman–Crippen MR) is 75.8 cm³/mol.